The van der Waals surface area contributed by atoms with Crippen molar-refractivity contribution in [3.05, 3.63) is 65.2 Å². The van der Waals surface area contributed by atoms with Crippen molar-refractivity contribution in [1.29, 1.82) is 0 Å². The first kappa shape index (κ1) is 26.0. The Morgan fingerprint density at radius 1 is 1.16 bits per heavy atom. The van der Waals surface area contributed by atoms with Gasteiger partial charge in [-0.3, -0.25) is 4.79 Å². The number of aliphatic imine (C=N–C) groups is 1. The third-order valence-corrected chi connectivity index (χ3v) is 5.16. The van der Waals surface area contributed by atoms with Crippen molar-refractivity contribution in [2.75, 3.05) is 19.7 Å². The van der Waals surface area contributed by atoms with Crippen molar-refractivity contribution in [1.82, 2.24) is 16.0 Å². The number of guanidine groups is 1. The number of amides is 1. The number of aryl methyl sites for hydroxylation is 1. The van der Waals surface area contributed by atoms with E-state index in [9.17, 15) is 4.79 Å². The number of benzene rings is 2. The Hall–Kier alpha value is -2.29. The summed E-state index contributed by atoms with van der Waals surface area (Å²) in [6, 6.07) is 16.7. The summed E-state index contributed by atoms with van der Waals surface area (Å²) in [6.07, 6.45) is 2.15. The highest BCUT2D eigenvalue weighted by Crippen LogP contribution is 2.19. The number of carbonyl (C=O) groups is 1. The van der Waals surface area contributed by atoms with Gasteiger partial charge in [-0.1, -0.05) is 48.9 Å². The van der Waals surface area contributed by atoms with Crippen molar-refractivity contribution in [3.63, 3.8) is 0 Å². The third kappa shape index (κ3) is 9.06. The lowest BCUT2D eigenvalue weighted by atomic mass is 9.99. The molecule has 0 aliphatic heterocycles. The molecule has 1 saturated carbocycles. The van der Waals surface area contributed by atoms with Gasteiger partial charge in [0.1, 0.15) is 5.75 Å². The van der Waals surface area contributed by atoms with Gasteiger partial charge in [0.25, 0.3) is 5.91 Å². The Bertz CT molecular complexity index is 899. The molecule has 32 heavy (non-hydrogen) atoms. The molecule has 3 N–H and O–H groups in total. The Balaban J connectivity index is 0.00000363. The molecular formula is C25H35IN4O2. The van der Waals surface area contributed by atoms with Gasteiger partial charge >= 0.3 is 0 Å². The first-order chi connectivity index (χ1) is 15.0. The van der Waals surface area contributed by atoms with E-state index in [0.717, 1.165) is 37.5 Å². The molecule has 0 heterocycles. The number of nitrogens with zero attached hydrogens (tertiary/aromatic N) is 1. The van der Waals surface area contributed by atoms with Gasteiger partial charge in [-0.15, -0.1) is 24.0 Å². The maximum atomic E-state index is 11.8. The number of carbonyl (C=O) groups excluding carboxylic acids is 1. The summed E-state index contributed by atoms with van der Waals surface area (Å²) in [5, 5.41) is 9.68. The fourth-order valence-electron chi connectivity index (χ4n) is 3.24. The molecular weight excluding hydrogens is 515 g/mol. The largest absolute Gasteiger partial charge is 0.484 e. The van der Waals surface area contributed by atoms with Gasteiger partial charge in [0.2, 0.25) is 0 Å². The molecule has 7 heteroatoms. The van der Waals surface area contributed by atoms with E-state index in [2.05, 4.69) is 61.0 Å². The van der Waals surface area contributed by atoms with Gasteiger partial charge in [-0.2, -0.15) is 0 Å². The topological polar surface area (TPSA) is 74.8 Å². The van der Waals surface area contributed by atoms with Crippen LogP contribution in [-0.4, -0.2) is 37.6 Å². The van der Waals surface area contributed by atoms with Crippen LogP contribution in [0, 0.1) is 6.92 Å². The van der Waals surface area contributed by atoms with E-state index in [4.69, 9.17) is 9.73 Å². The van der Waals surface area contributed by atoms with Crippen LogP contribution in [0.15, 0.2) is 53.5 Å². The summed E-state index contributed by atoms with van der Waals surface area (Å²) in [6.45, 7) is 8.56. The van der Waals surface area contributed by atoms with Crippen LogP contribution in [0.5, 0.6) is 5.75 Å². The quantitative estimate of drug-likeness (QED) is 0.236. The van der Waals surface area contributed by atoms with Crippen LogP contribution in [-0.2, 0) is 11.3 Å². The number of ether oxygens (including phenoxy) is 1. The average molecular weight is 550 g/mol. The highest BCUT2D eigenvalue weighted by molar-refractivity contribution is 14.0. The summed E-state index contributed by atoms with van der Waals surface area (Å²) in [5.41, 5.74) is 3.63. The van der Waals surface area contributed by atoms with Crippen LogP contribution >= 0.6 is 24.0 Å². The van der Waals surface area contributed by atoms with E-state index >= 15 is 0 Å². The number of hydrogen-bond donors (Lipinski definition) is 3. The van der Waals surface area contributed by atoms with Crippen molar-refractivity contribution in [2.45, 2.75) is 52.1 Å². The van der Waals surface area contributed by atoms with Crippen LogP contribution in [0.25, 0.3) is 0 Å². The van der Waals surface area contributed by atoms with Crippen LogP contribution in [0.4, 0.5) is 0 Å². The first-order valence-corrected chi connectivity index (χ1v) is 11.1. The van der Waals surface area contributed by atoms with Crippen LogP contribution in [0.3, 0.4) is 0 Å². The van der Waals surface area contributed by atoms with E-state index in [1.54, 1.807) is 0 Å². The van der Waals surface area contributed by atoms with Crippen LogP contribution in [0.1, 0.15) is 49.3 Å². The monoisotopic (exact) mass is 550 g/mol. The maximum absolute atomic E-state index is 11.8. The summed E-state index contributed by atoms with van der Waals surface area (Å²) < 4.78 is 5.64. The highest BCUT2D eigenvalue weighted by Gasteiger charge is 2.23. The molecule has 1 fully saturated rings. The lowest BCUT2D eigenvalue weighted by Gasteiger charge is -2.17. The van der Waals surface area contributed by atoms with E-state index < -0.39 is 0 Å². The Morgan fingerprint density at radius 3 is 2.66 bits per heavy atom. The molecule has 6 nitrogen and oxygen atoms in total. The van der Waals surface area contributed by atoms with E-state index in [0.29, 0.717) is 24.3 Å². The fourth-order valence-corrected chi connectivity index (χ4v) is 3.24. The lowest BCUT2D eigenvalue weighted by molar-refractivity contribution is -0.123. The molecule has 1 aliphatic carbocycles. The molecule has 0 bridgehead atoms. The standard InChI is InChI=1S/C25H34N4O2.HI/c1-4-26-25(27-15-19(3)21-9-5-7-18(2)13-21)28-16-20-8-6-10-23(14-20)31-17-24(30)29-22-11-12-22;/h5-10,13-14,19,22H,4,11-12,15-17H2,1-3H3,(H,29,30)(H2,26,27,28);1H. The van der Waals surface area contributed by atoms with E-state index in [-0.39, 0.29) is 36.5 Å². The van der Waals surface area contributed by atoms with Gasteiger partial charge < -0.3 is 20.7 Å². The molecule has 0 radical (unpaired) electrons. The van der Waals surface area contributed by atoms with E-state index in [1.807, 2.05) is 24.3 Å². The zero-order valence-electron chi connectivity index (χ0n) is 19.2. The van der Waals surface area contributed by atoms with Gasteiger partial charge in [-0.05, 0) is 55.9 Å². The second-order valence-corrected chi connectivity index (χ2v) is 8.17. The smallest absolute Gasteiger partial charge is 0.258 e. The fraction of sp³-hybridized carbons (Fsp3) is 0.440. The summed E-state index contributed by atoms with van der Waals surface area (Å²) in [5.74, 6) is 1.79. The Kier molecular flexibility index (Phi) is 10.8. The first-order valence-electron chi connectivity index (χ1n) is 11.1. The zero-order valence-corrected chi connectivity index (χ0v) is 21.5. The maximum Gasteiger partial charge on any atom is 0.258 e. The summed E-state index contributed by atoms with van der Waals surface area (Å²) in [7, 11) is 0. The molecule has 0 saturated heterocycles. The van der Waals surface area contributed by atoms with Gasteiger partial charge in [0, 0.05) is 19.1 Å². The predicted molar refractivity (Wildman–Crippen MR) is 141 cm³/mol. The minimum absolute atomic E-state index is 0. The van der Waals surface area contributed by atoms with Gasteiger partial charge in [0.05, 0.1) is 6.54 Å². The highest BCUT2D eigenvalue weighted by atomic mass is 127. The second kappa shape index (κ2) is 13.3. The van der Waals surface area contributed by atoms with Crippen LogP contribution in [0.2, 0.25) is 0 Å². The molecule has 2 aromatic rings. The molecule has 2 aromatic carbocycles. The normalized spacial score (nSPS) is 14.2. The number of hydrogen-bond acceptors (Lipinski definition) is 3. The number of halogens is 1. The molecule has 3 rings (SSSR count). The SMILES string of the molecule is CCNC(=NCc1cccc(OCC(=O)NC2CC2)c1)NCC(C)c1cccc(C)c1.I. The summed E-state index contributed by atoms with van der Waals surface area (Å²) >= 11 is 0. The van der Waals surface area contributed by atoms with Crippen molar-refractivity contribution in [3.8, 4) is 5.75 Å². The van der Waals surface area contributed by atoms with Crippen molar-refractivity contribution >= 4 is 35.8 Å². The predicted octanol–water partition coefficient (Wildman–Crippen LogP) is 4.13. The number of rotatable bonds is 10. The van der Waals surface area contributed by atoms with Crippen molar-refractivity contribution < 1.29 is 9.53 Å². The third-order valence-electron chi connectivity index (χ3n) is 5.16. The molecule has 174 valence electrons. The molecule has 1 unspecified atom stereocenters. The molecule has 0 aromatic heterocycles. The molecule has 1 atom stereocenters. The minimum Gasteiger partial charge on any atom is -0.484 e. The minimum atomic E-state index is -0.0627. The van der Waals surface area contributed by atoms with Gasteiger partial charge in [-0.25, -0.2) is 4.99 Å². The Morgan fingerprint density at radius 2 is 1.94 bits per heavy atom. The lowest BCUT2D eigenvalue weighted by Crippen LogP contribution is -2.39. The van der Waals surface area contributed by atoms with Crippen LogP contribution < -0.4 is 20.7 Å². The molecule has 1 aliphatic rings. The average Bonchev–Trinajstić information content (AvgIpc) is 3.58. The molecule has 0 spiro atoms. The van der Waals surface area contributed by atoms with Crippen molar-refractivity contribution in [2.24, 2.45) is 4.99 Å². The summed E-state index contributed by atoms with van der Waals surface area (Å²) in [4.78, 5) is 16.5. The Labute approximate surface area is 208 Å². The second-order valence-electron chi connectivity index (χ2n) is 8.17. The van der Waals surface area contributed by atoms with E-state index in [1.165, 1.54) is 11.1 Å². The molecule has 1 amide bonds. The zero-order chi connectivity index (χ0) is 22.1. The number of nitrogens with one attached hydrogen (secondary N) is 3. The van der Waals surface area contributed by atoms with Gasteiger partial charge in [0.15, 0.2) is 12.6 Å².